The van der Waals surface area contributed by atoms with E-state index in [9.17, 15) is 9.50 Å². The number of halogens is 1. The SMILES string of the molecule is CN(c1cnc(-c2ccc(-c3csc(C#N)n3)cc2O)nn1)[C@H]1C[C@H]2CC[C@H](N2)[C@H]1F. The minimum atomic E-state index is -0.964. The molecule has 158 valence electrons. The van der Waals surface area contributed by atoms with E-state index in [1.54, 1.807) is 29.8 Å². The molecule has 0 radical (unpaired) electrons. The number of benzene rings is 1. The molecule has 0 spiro atoms. The van der Waals surface area contributed by atoms with Crippen LogP contribution in [0.25, 0.3) is 22.6 Å². The number of alkyl halides is 1. The molecule has 4 atom stereocenters. The third-order valence-corrected chi connectivity index (χ3v) is 6.84. The molecule has 2 saturated heterocycles. The Morgan fingerprint density at radius 3 is 2.90 bits per heavy atom. The van der Waals surface area contributed by atoms with Crippen LogP contribution >= 0.6 is 11.3 Å². The van der Waals surface area contributed by atoms with E-state index >= 15 is 0 Å². The molecule has 31 heavy (non-hydrogen) atoms. The third kappa shape index (κ3) is 3.60. The highest BCUT2D eigenvalue weighted by atomic mass is 32.1. The van der Waals surface area contributed by atoms with Crippen molar-refractivity contribution in [2.45, 2.75) is 43.6 Å². The Labute approximate surface area is 182 Å². The molecule has 2 bridgehead atoms. The van der Waals surface area contributed by atoms with Crippen molar-refractivity contribution < 1.29 is 9.50 Å². The first-order valence-corrected chi connectivity index (χ1v) is 10.9. The predicted molar refractivity (Wildman–Crippen MR) is 114 cm³/mol. The second-order valence-electron chi connectivity index (χ2n) is 7.93. The standard InChI is InChI=1S/C21H20FN7OS/c1-29(16-7-12-3-5-14(25-12)20(16)22)18-9-24-21(28-27-18)13-4-2-11(6-17(13)30)15-10-31-19(8-23)26-15/h2,4,6,9-10,12,14,16,20,25,30H,3,5,7H2,1H3/t12-,14+,16+,20-/m1/s1. The molecule has 2 fully saturated rings. The smallest absolute Gasteiger partial charge is 0.194 e. The molecular weight excluding hydrogens is 417 g/mol. The summed E-state index contributed by atoms with van der Waals surface area (Å²) in [5.41, 5.74) is 1.75. The van der Waals surface area contributed by atoms with Gasteiger partial charge < -0.3 is 15.3 Å². The number of aromatic nitrogens is 4. The molecule has 2 aliphatic rings. The summed E-state index contributed by atoms with van der Waals surface area (Å²) < 4.78 is 14.8. The van der Waals surface area contributed by atoms with Crippen molar-refractivity contribution in [2.75, 3.05) is 11.9 Å². The molecule has 0 aliphatic carbocycles. The molecule has 0 unspecified atom stereocenters. The Hall–Kier alpha value is -3.16. The Morgan fingerprint density at radius 2 is 2.19 bits per heavy atom. The van der Waals surface area contributed by atoms with E-state index in [0.717, 1.165) is 19.3 Å². The van der Waals surface area contributed by atoms with Crippen LogP contribution in [0.4, 0.5) is 10.2 Å². The number of rotatable bonds is 4. The summed E-state index contributed by atoms with van der Waals surface area (Å²) in [5, 5.41) is 33.3. The van der Waals surface area contributed by atoms with Crippen molar-refractivity contribution in [3.63, 3.8) is 0 Å². The van der Waals surface area contributed by atoms with Crippen LogP contribution in [0.15, 0.2) is 29.8 Å². The topological polar surface area (TPSA) is 111 Å². The molecule has 5 rings (SSSR count). The second-order valence-corrected chi connectivity index (χ2v) is 8.79. The largest absolute Gasteiger partial charge is 0.507 e. The van der Waals surface area contributed by atoms with Gasteiger partial charge in [-0.3, -0.25) is 0 Å². The minimum Gasteiger partial charge on any atom is -0.507 e. The first kappa shape index (κ1) is 19.8. The van der Waals surface area contributed by atoms with Gasteiger partial charge in [0.2, 0.25) is 0 Å². The summed E-state index contributed by atoms with van der Waals surface area (Å²) >= 11 is 1.25. The van der Waals surface area contributed by atoms with Gasteiger partial charge in [-0.15, -0.1) is 21.5 Å². The normalized spacial score (nSPS) is 24.7. The first-order chi connectivity index (χ1) is 15.0. The Bertz CT molecular complexity index is 1150. The summed E-state index contributed by atoms with van der Waals surface area (Å²) in [6.45, 7) is 0. The van der Waals surface area contributed by atoms with E-state index in [0.29, 0.717) is 33.7 Å². The van der Waals surface area contributed by atoms with Crippen LogP contribution in [0.1, 0.15) is 24.3 Å². The average molecular weight is 438 g/mol. The number of thiazole rings is 1. The summed E-state index contributed by atoms with van der Waals surface area (Å²) in [5.74, 6) is 0.769. The lowest BCUT2D eigenvalue weighted by Crippen LogP contribution is -2.55. The van der Waals surface area contributed by atoms with Crippen LogP contribution in [-0.2, 0) is 0 Å². The van der Waals surface area contributed by atoms with Crippen molar-refractivity contribution >= 4 is 17.2 Å². The monoisotopic (exact) mass is 437 g/mol. The number of aromatic hydroxyl groups is 1. The number of hydrogen-bond donors (Lipinski definition) is 2. The fourth-order valence-corrected chi connectivity index (χ4v) is 5.03. The highest BCUT2D eigenvalue weighted by molar-refractivity contribution is 7.10. The van der Waals surface area contributed by atoms with E-state index in [2.05, 4.69) is 25.5 Å². The quantitative estimate of drug-likeness (QED) is 0.641. The van der Waals surface area contributed by atoms with Gasteiger partial charge in [-0.05, 0) is 31.4 Å². The Morgan fingerprint density at radius 1 is 1.32 bits per heavy atom. The number of phenols is 1. The van der Waals surface area contributed by atoms with Gasteiger partial charge in [-0.1, -0.05) is 6.07 Å². The zero-order valence-corrected chi connectivity index (χ0v) is 17.6. The van der Waals surface area contributed by atoms with Crippen molar-refractivity contribution in [2.24, 2.45) is 0 Å². The van der Waals surface area contributed by atoms with Crippen molar-refractivity contribution in [3.05, 3.63) is 34.8 Å². The highest BCUT2D eigenvalue weighted by Crippen LogP contribution is 2.34. The van der Waals surface area contributed by atoms with Gasteiger partial charge in [-0.2, -0.15) is 5.26 Å². The molecule has 8 nitrogen and oxygen atoms in total. The van der Waals surface area contributed by atoms with E-state index in [4.69, 9.17) is 5.26 Å². The fraction of sp³-hybridized carbons (Fsp3) is 0.381. The molecular formula is C21H20FN7OS. The molecule has 0 saturated carbocycles. The number of nitriles is 1. The van der Waals surface area contributed by atoms with Crippen LogP contribution < -0.4 is 10.2 Å². The van der Waals surface area contributed by atoms with Gasteiger partial charge in [0, 0.05) is 30.1 Å². The maximum atomic E-state index is 14.8. The van der Waals surface area contributed by atoms with E-state index < -0.39 is 6.17 Å². The predicted octanol–water partition coefficient (Wildman–Crippen LogP) is 2.91. The summed E-state index contributed by atoms with van der Waals surface area (Å²) in [6.07, 6.45) is 3.20. The molecule has 2 N–H and O–H groups in total. The Kier molecular flexibility index (Phi) is 5.00. The zero-order valence-electron chi connectivity index (χ0n) is 16.7. The maximum Gasteiger partial charge on any atom is 0.194 e. The van der Waals surface area contributed by atoms with Gasteiger partial charge in [-0.25, -0.2) is 14.4 Å². The Balaban J connectivity index is 1.35. The van der Waals surface area contributed by atoms with Crippen LogP contribution in [0, 0.1) is 11.3 Å². The first-order valence-electron chi connectivity index (χ1n) is 10.1. The maximum absolute atomic E-state index is 14.8. The molecule has 2 aliphatic heterocycles. The lowest BCUT2D eigenvalue weighted by molar-refractivity contribution is 0.176. The molecule has 4 heterocycles. The summed E-state index contributed by atoms with van der Waals surface area (Å²) in [4.78, 5) is 10.4. The summed E-state index contributed by atoms with van der Waals surface area (Å²) in [7, 11) is 1.82. The van der Waals surface area contributed by atoms with Gasteiger partial charge in [0.15, 0.2) is 16.6 Å². The van der Waals surface area contributed by atoms with Crippen molar-refractivity contribution in [1.29, 1.82) is 5.26 Å². The number of fused-ring (bicyclic) bond motifs is 2. The third-order valence-electron chi connectivity index (χ3n) is 6.10. The van der Waals surface area contributed by atoms with Crippen molar-refractivity contribution in [3.8, 4) is 34.5 Å². The summed E-state index contributed by atoms with van der Waals surface area (Å²) in [6, 6.07) is 7.04. The average Bonchev–Trinajstić information content (AvgIpc) is 3.43. The zero-order chi connectivity index (χ0) is 21.5. The number of phenolic OH excluding ortho intramolecular Hbond substituents is 1. The van der Waals surface area contributed by atoms with Crippen LogP contribution in [-0.4, -0.2) is 56.6 Å². The van der Waals surface area contributed by atoms with Gasteiger partial charge in [0.1, 0.15) is 18.0 Å². The fourth-order valence-electron chi connectivity index (χ4n) is 4.41. The lowest BCUT2D eigenvalue weighted by atomic mass is 9.96. The second kappa shape index (κ2) is 7.83. The van der Waals surface area contributed by atoms with Gasteiger partial charge >= 0.3 is 0 Å². The van der Waals surface area contributed by atoms with Crippen LogP contribution in [0.2, 0.25) is 0 Å². The lowest BCUT2D eigenvalue weighted by Gasteiger charge is -2.38. The molecule has 10 heteroatoms. The van der Waals surface area contributed by atoms with Crippen molar-refractivity contribution in [1.82, 2.24) is 25.5 Å². The van der Waals surface area contributed by atoms with E-state index in [1.807, 2.05) is 18.0 Å². The number of nitrogens with one attached hydrogen (secondary N) is 1. The molecule has 1 aromatic carbocycles. The minimum absolute atomic E-state index is 0.00864. The number of piperidine rings is 1. The highest BCUT2D eigenvalue weighted by Gasteiger charge is 2.43. The number of nitrogens with zero attached hydrogens (tertiary/aromatic N) is 6. The number of hydrogen-bond acceptors (Lipinski definition) is 9. The van der Waals surface area contributed by atoms with Crippen LogP contribution in [0.5, 0.6) is 5.75 Å². The van der Waals surface area contributed by atoms with Gasteiger partial charge in [0.25, 0.3) is 0 Å². The van der Waals surface area contributed by atoms with Crippen LogP contribution in [0.3, 0.4) is 0 Å². The van der Waals surface area contributed by atoms with E-state index in [-0.39, 0.29) is 23.7 Å². The molecule has 0 amide bonds. The van der Waals surface area contributed by atoms with Gasteiger partial charge in [0.05, 0.1) is 23.5 Å². The molecule has 2 aromatic heterocycles. The number of anilines is 1. The molecule has 3 aromatic rings. The van der Waals surface area contributed by atoms with E-state index in [1.165, 1.54) is 11.3 Å².